The maximum atomic E-state index is 12.7. The third-order valence-corrected chi connectivity index (χ3v) is 3.50. The van der Waals surface area contributed by atoms with Crippen LogP contribution in [0.5, 0.6) is 0 Å². The highest BCUT2D eigenvalue weighted by Crippen LogP contribution is 2.33. The maximum Gasteiger partial charge on any atom is 0.416 e. The molecule has 0 saturated heterocycles. The van der Waals surface area contributed by atoms with Crippen LogP contribution in [0.3, 0.4) is 0 Å². The third kappa shape index (κ3) is 3.51. The summed E-state index contributed by atoms with van der Waals surface area (Å²) in [5.41, 5.74) is -1.16. The van der Waals surface area contributed by atoms with Crippen molar-refractivity contribution in [2.24, 2.45) is 0 Å². The van der Waals surface area contributed by atoms with Crippen LogP contribution in [-0.4, -0.2) is 5.78 Å². The van der Waals surface area contributed by atoms with Gasteiger partial charge in [-0.1, -0.05) is 46.9 Å². The zero-order chi connectivity index (χ0) is 15.8. The number of rotatable bonds is 2. The van der Waals surface area contributed by atoms with Gasteiger partial charge in [0.25, 0.3) is 0 Å². The molecule has 2 aromatic carbocycles. The minimum Gasteiger partial charge on any atom is -0.288 e. The zero-order valence-electron chi connectivity index (χ0n) is 10.1. The topological polar surface area (TPSA) is 17.1 Å². The zero-order valence-corrected chi connectivity index (χ0v) is 12.4. The molecule has 0 N–H and O–H groups in total. The largest absolute Gasteiger partial charge is 0.416 e. The van der Waals surface area contributed by atoms with Crippen molar-refractivity contribution >= 4 is 40.6 Å². The Labute approximate surface area is 133 Å². The summed E-state index contributed by atoms with van der Waals surface area (Å²) >= 11 is 17.5. The highest BCUT2D eigenvalue weighted by atomic mass is 35.5. The van der Waals surface area contributed by atoms with Crippen LogP contribution in [0.2, 0.25) is 15.1 Å². The van der Waals surface area contributed by atoms with Gasteiger partial charge in [0.05, 0.1) is 21.2 Å². The molecule has 2 rings (SSSR count). The van der Waals surface area contributed by atoms with E-state index in [0.717, 1.165) is 18.2 Å². The van der Waals surface area contributed by atoms with Crippen molar-refractivity contribution in [1.82, 2.24) is 0 Å². The number of hydrogen-bond donors (Lipinski definition) is 0. The average molecular weight is 354 g/mol. The van der Waals surface area contributed by atoms with Crippen LogP contribution in [0.15, 0.2) is 36.4 Å². The van der Waals surface area contributed by atoms with Gasteiger partial charge in [0.15, 0.2) is 5.78 Å². The first-order valence-corrected chi connectivity index (χ1v) is 6.70. The number of carbonyl (C=O) groups is 1. The number of alkyl halides is 3. The Balaban J connectivity index is 2.51. The molecular weight excluding hydrogens is 348 g/mol. The average Bonchev–Trinajstić information content (AvgIpc) is 2.36. The predicted molar refractivity (Wildman–Crippen MR) is 76.3 cm³/mol. The minimum atomic E-state index is -4.54. The number of ketones is 1. The van der Waals surface area contributed by atoms with E-state index in [1.807, 2.05) is 0 Å². The van der Waals surface area contributed by atoms with Crippen LogP contribution >= 0.6 is 34.8 Å². The second-order valence-electron chi connectivity index (χ2n) is 4.15. The fraction of sp³-hybridized carbons (Fsp3) is 0.0714. The second kappa shape index (κ2) is 5.87. The quantitative estimate of drug-likeness (QED) is 0.615. The Kier molecular flexibility index (Phi) is 4.51. The van der Waals surface area contributed by atoms with Crippen LogP contribution < -0.4 is 0 Å². The fourth-order valence-electron chi connectivity index (χ4n) is 1.74. The molecule has 0 amide bonds. The molecule has 0 atom stereocenters. The van der Waals surface area contributed by atoms with E-state index in [2.05, 4.69) is 0 Å². The summed E-state index contributed by atoms with van der Waals surface area (Å²) in [6.45, 7) is 0. The van der Waals surface area contributed by atoms with Gasteiger partial charge in [-0.15, -0.1) is 0 Å². The SMILES string of the molecule is O=C(c1cccc(C(F)(F)F)c1)c1c(Cl)cc(Cl)cc1Cl. The van der Waals surface area contributed by atoms with E-state index in [1.54, 1.807) is 0 Å². The van der Waals surface area contributed by atoms with E-state index >= 15 is 0 Å². The van der Waals surface area contributed by atoms with Crippen molar-refractivity contribution < 1.29 is 18.0 Å². The second-order valence-corrected chi connectivity index (χ2v) is 5.40. The van der Waals surface area contributed by atoms with Crippen molar-refractivity contribution in [3.8, 4) is 0 Å². The molecule has 0 unspecified atom stereocenters. The standard InChI is InChI=1S/C14H6Cl3F3O/c15-9-5-10(16)12(11(17)6-9)13(21)7-2-1-3-8(4-7)14(18,19)20/h1-6H. The molecule has 110 valence electrons. The van der Waals surface area contributed by atoms with Crippen molar-refractivity contribution in [3.05, 3.63) is 68.2 Å². The number of benzene rings is 2. The van der Waals surface area contributed by atoms with Gasteiger partial charge >= 0.3 is 6.18 Å². The van der Waals surface area contributed by atoms with E-state index in [1.165, 1.54) is 18.2 Å². The molecule has 0 bridgehead atoms. The molecule has 1 nitrogen and oxygen atoms in total. The lowest BCUT2D eigenvalue weighted by Gasteiger charge is -2.10. The Hall–Kier alpha value is -1.23. The van der Waals surface area contributed by atoms with Gasteiger partial charge in [-0.2, -0.15) is 13.2 Å². The lowest BCUT2D eigenvalue weighted by molar-refractivity contribution is -0.137. The van der Waals surface area contributed by atoms with Crippen LogP contribution in [0.1, 0.15) is 21.5 Å². The highest BCUT2D eigenvalue weighted by molar-refractivity contribution is 6.43. The molecular formula is C14H6Cl3F3O. The molecule has 0 radical (unpaired) electrons. The lowest BCUT2D eigenvalue weighted by Crippen LogP contribution is -2.08. The van der Waals surface area contributed by atoms with Gasteiger partial charge in [-0.05, 0) is 24.3 Å². The normalized spacial score (nSPS) is 11.5. The van der Waals surface area contributed by atoms with Gasteiger partial charge in [0.1, 0.15) is 0 Å². The van der Waals surface area contributed by atoms with Gasteiger partial charge in [0, 0.05) is 10.6 Å². The molecule has 0 spiro atoms. The van der Waals surface area contributed by atoms with Gasteiger partial charge in [-0.25, -0.2) is 0 Å². The molecule has 0 fully saturated rings. The summed E-state index contributed by atoms with van der Waals surface area (Å²) in [5.74, 6) is -0.701. The van der Waals surface area contributed by atoms with E-state index in [4.69, 9.17) is 34.8 Å². The molecule has 0 aliphatic heterocycles. The third-order valence-electron chi connectivity index (χ3n) is 2.69. The Morgan fingerprint density at radius 3 is 2.05 bits per heavy atom. The van der Waals surface area contributed by atoms with Crippen molar-refractivity contribution in [3.63, 3.8) is 0 Å². The van der Waals surface area contributed by atoms with Crippen LogP contribution in [0.4, 0.5) is 13.2 Å². The molecule has 2 aromatic rings. The first-order valence-electron chi connectivity index (χ1n) is 5.56. The van der Waals surface area contributed by atoms with Crippen LogP contribution in [0, 0.1) is 0 Å². The fourth-order valence-corrected chi connectivity index (χ4v) is 2.73. The van der Waals surface area contributed by atoms with Crippen molar-refractivity contribution in [2.75, 3.05) is 0 Å². The predicted octanol–water partition coefficient (Wildman–Crippen LogP) is 5.90. The first kappa shape index (κ1) is 16.1. The van der Waals surface area contributed by atoms with E-state index in [-0.39, 0.29) is 26.2 Å². The van der Waals surface area contributed by atoms with Crippen LogP contribution in [-0.2, 0) is 6.18 Å². The van der Waals surface area contributed by atoms with E-state index in [9.17, 15) is 18.0 Å². The Bertz CT molecular complexity index is 688. The van der Waals surface area contributed by atoms with E-state index < -0.39 is 17.5 Å². The molecule has 7 heteroatoms. The molecule has 21 heavy (non-hydrogen) atoms. The Morgan fingerprint density at radius 1 is 0.952 bits per heavy atom. The molecule has 0 saturated carbocycles. The van der Waals surface area contributed by atoms with Crippen LogP contribution in [0.25, 0.3) is 0 Å². The number of hydrogen-bond acceptors (Lipinski definition) is 1. The highest BCUT2D eigenvalue weighted by Gasteiger charge is 2.31. The number of carbonyl (C=O) groups excluding carboxylic acids is 1. The molecule has 0 aromatic heterocycles. The number of halogens is 6. The molecule has 0 heterocycles. The smallest absolute Gasteiger partial charge is 0.288 e. The summed E-state index contributed by atoms with van der Waals surface area (Å²) < 4.78 is 38.0. The van der Waals surface area contributed by atoms with Gasteiger partial charge in [-0.3, -0.25) is 4.79 Å². The maximum absolute atomic E-state index is 12.7. The summed E-state index contributed by atoms with van der Waals surface area (Å²) in [5, 5.41) is 0.190. The van der Waals surface area contributed by atoms with Crippen molar-refractivity contribution in [1.29, 1.82) is 0 Å². The monoisotopic (exact) mass is 352 g/mol. The summed E-state index contributed by atoms with van der Waals surface area (Å²) in [6, 6.07) is 6.64. The first-order chi connectivity index (χ1) is 9.70. The minimum absolute atomic E-state index is 0.0186. The lowest BCUT2D eigenvalue weighted by atomic mass is 10.0. The van der Waals surface area contributed by atoms with Gasteiger partial charge < -0.3 is 0 Å². The summed E-state index contributed by atoms with van der Waals surface area (Å²) in [7, 11) is 0. The summed E-state index contributed by atoms with van der Waals surface area (Å²) in [4.78, 5) is 12.3. The molecule has 0 aliphatic carbocycles. The Morgan fingerprint density at radius 2 is 1.52 bits per heavy atom. The molecule has 0 aliphatic rings. The van der Waals surface area contributed by atoms with E-state index in [0.29, 0.717) is 0 Å². The van der Waals surface area contributed by atoms with Gasteiger partial charge in [0.2, 0.25) is 0 Å². The summed E-state index contributed by atoms with van der Waals surface area (Å²) in [6.07, 6.45) is -4.54. The van der Waals surface area contributed by atoms with Crippen molar-refractivity contribution in [2.45, 2.75) is 6.18 Å².